The maximum atomic E-state index is 13.1. The molecule has 4 rings (SSSR count). The fourth-order valence-corrected chi connectivity index (χ4v) is 3.73. The van der Waals surface area contributed by atoms with E-state index in [1.54, 1.807) is 36.4 Å². The molecule has 1 aromatic heterocycles. The summed E-state index contributed by atoms with van der Waals surface area (Å²) in [4.78, 5) is 14.5. The zero-order valence-corrected chi connectivity index (χ0v) is 15.8. The van der Waals surface area contributed by atoms with E-state index in [1.807, 2.05) is 0 Å². The zero-order chi connectivity index (χ0) is 20.1. The highest BCUT2D eigenvalue weighted by Gasteiger charge is 2.40. The fourth-order valence-electron chi connectivity index (χ4n) is 3.38. The van der Waals surface area contributed by atoms with Crippen LogP contribution in [0.5, 0.6) is 5.75 Å². The Labute approximate surface area is 166 Å². The van der Waals surface area contributed by atoms with Crippen LogP contribution in [0, 0.1) is 0 Å². The number of para-hydroxylation sites is 1. The summed E-state index contributed by atoms with van der Waals surface area (Å²) >= 11 is 3.27. The van der Waals surface area contributed by atoms with Gasteiger partial charge in [-0.15, -0.1) is 0 Å². The highest BCUT2D eigenvalue weighted by molar-refractivity contribution is 9.10. The molecule has 1 unspecified atom stereocenters. The van der Waals surface area contributed by atoms with Crippen LogP contribution in [0.25, 0.3) is 0 Å². The van der Waals surface area contributed by atoms with Gasteiger partial charge in [-0.25, -0.2) is 0 Å². The van der Waals surface area contributed by atoms with Crippen LogP contribution in [0.4, 0.5) is 18.9 Å². The lowest BCUT2D eigenvalue weighted by Crippen LogP contribution is -2.28. The number of furan rings is 1. The van der Waals surface area contributed by atoms with Crippen molar-refractivity contribution in [3.63, 3.8) is 0 Å². The first-order valence-corrected chi connectivity index (χ1v) is 9.09. The Morgan fingerprint density at radius 1 is 1.07 bits per heavy atom. The van der Waals surface area contributed by atoms with Crippen LogP contribution >= 0.6 is 15.9 Å². The average molecular weight is 452 g/mol. The van der Waals surface area contributed by atoms with Crippen LogP contribution in [-0.4, -0.2) is 11.0 Å². The van der Waals surface area contributed by atoms with Crippen molar-refractivity contribution in [1.29, 1.82) is 0 Å². The van der Waals surface area contributed by atoms with Crippen molar-refractivity contribution in [1.82, 2.24) is 0 Å². The highest BCUT2D eigenvalue weighted by atomic mass is 79.9. The normalized spacial score (nSPS) is 16.5. The molecule has 0 radical (unpaired) electrons. The molecule has 2 aromatic carbocycles. The molecule has 1 aliphatic heterocycles. The lowest BCUT2D eigenvalue weighted by Gasteiger charge is -2.17. The topological polar surface area (TPSA) is 53.7 Å². The van der Waals surface area contributed by atoms with Crippen LogP contribution in [-0.2, 0) is 17.5 Å². The first kappa shape index (κ1) is 18.6. The summed E-state index contributed by atoms with van der Waals surface area (Å²) in [6.07, 6.45) is -4.59. The second-order valence-corrected chi connectivity index (χ2v) is 7.30. The van der Waals surface area contributed by atoms with Gasteiger partial charge in [0.1, 0.15) is 11.5 Å². The molecule has 28 heavy (non-hydrogen) atoms. The van der Waals surface area contributed by atoms with Crippen LogP contribution in [0.2, 0.25) is 0 Å². The van der Waals surface area contributed by atoms with Crippen molar-refractivity contribution in [2.45, 2.75) is 18.6 Å². The third-order valence-corrected chi connectivity index (χ3v) is 5.10. The molecule has 1 amide bonds. The SMILES string of the molecule is O=C1C(c2ccc(Br)cc2O)c2ccccc2N1Cc1ccc(C(F)(F)F)o1. The number of anilines is 1. The number of carbonyl (C=O) groups excluding carboxylic acids is 1. The molecule has 1 atom stereocenters. The summed E-state index contributed by atoms with van der Waals surface area (Å²) in [5.41, 5.74) is 1.68. The number of hydrogen-bond donors (Lipinski definition) is 1. The number of carbonyl (C=O) groups is 1. The molecule has 3 aromatic rings. The smallest absolute Gasteiger partial charge is 0.449 e. The summed E-state index contributed by atoms with van der Waals surface area (Å²) in [5, 5.41) is 10.3. The van der Waals surface area contributed by atoms with Gasteiger partial charge in [-0.05, 0) is 35.9 Å². The third kappa shape index (κ3) is 3.17. The minimum atomic E-state index is -4.59. The molecule has 2 heterocycles. The molecule has 1 N–H and O–H groups in total. The quantitative estimate of drug-likeness (QED) is 0.576. The first-order valence-electron chi connectivity index (χ1n) is 8.30. The van der Waals surface area contributed by atoms with Crippen molar-refractivity contribution in [2.75, 3.05) is 4.90 Å². The van der Waals surface area contributed by atoms with Crippen LogP contribution in [0.3, 0.4) is 0 Å². The van der Waals surface area contributed by atoms with Gasteiger partial charge < -0.3 is 14.4 Å². The number of rotatable bonds is 3. The number of benzene rings is 2. The van der Waals surface area contributed by atoms with Crippen molar-refractivity contribution in [3.8, 4) is 5.75 Å². The van der Waals surface area contributed by atoms with Gasteiger partial charge in [0.15, 0.2) is 0 Å². The van der Waals surface area contributed by atoms with E-state index >= 15 is 0 Å². The Hall–Kier alpha value is -2.74. The Morgan fingerprint density at radius 3 is 2.50 bits per heavy atom. The largest absolute Gasteiger partial charge is 0.508 e. The number of aromatic hydroxyl groups is 1. The molecular weight excluding hydrogens is 439 g/mol. The van der Waals surface area contributed by atoms with Crippen LogP contribution in [0.15, 0.2) is 63.5 Å². The van der Waals surface area contributed by atoms with E-state index in [1.165, 1.54) is 17.0 Å². The maximum absolute atomic E-state index is 13.1. The molecule has 0 spiro atoms. The molecular formula is C20H13BrF3NO3. The van der Waals surface area contributed by atoms with Crippen LogP contribution in [0.1, 0.15) is 28.6 Å². The van der Waals surface area contributed by atoms with Crippen molar-refractivity contribution in [2.24, 2.45) is 0 Å². The molecule has 0 saturated heterocycles. The van der Waals surface area contributed by atoms with E-state index in [-0.39, 0.29) is 24.0 Å². The number of halogens is 4. The zero-order valence-electron chi connectivity index (χ0n) is 14.2. The second kappa shape index (κ2) is 6.70. The van der Waals surface area contributed by atoms with Crippen molar-refractivity contribution >= 4 is 27.5 Å². The number of amides is 1. The molecule has 8 heteroatoms. The molecule has 144 valence electrons. The van der Waals surface area contributed by atoms with Gasteiger partial charge in [-0.2, -0.15) is 13.2 Å². The van der Waals surface area contributed by atoms with E-state index in [0.717, 1.165) is 6.07 Å². The Bertz CT molecular complexity index is 1060. The van der Waals surface area contributed by atoms with E-state index in [4.69, 9.17) is 4.42 Å². The third-order valence-electron chi connectivity index (χ3n) is 4.61. The Kier molecular flexibility index (Phi) is 4.45. The molecule has 0 saturated carbocycles. The molecule has 1 aliphatic rings. The summed E-state index contributed by atoms with van der Waals surface area (Å²) in [6.45, 7) is -0.139. The van der Waals surface area contributed by atoms with Gasteiger partial charge in [0.05, 0.1) is 12.5 Å². The number of phenolic OH excluding ortho intramolecular Hbond substituents is 1. The van der Waals surface area contributed by atoms with Gasteiger partial charge in [0.2, 0.25) is 11.7 Å². The first-order chi connectivity index (χ1) is 13.3. The summed E-state index contributed by atoms with van der Waals surface area (Å²) in [5.74, 6) is -2.22. The summed E-state index contributed by atoms with van der Waals surface area (Å²) in [7, 11) is 0. The van der Waals surface area contributed by atoms with Gasteiger partial charge in [0.25, 0.3) is 0 Å². The monoisotopic (exact) mass is 451 g/mol. The number of nitrogens with zero attached hydrogens (tertiary/aromatic N) is 1. The fraction of sp³-hybridized carbons (Fsp3) is 0.150. The lowest BCUT2D eigenvalue weighted by molar-refractivity contribution is -0.153. The van der Waals surface area contributed by atoms with Crippen molar-refractivity contribution < 1.29 is 27.5 Å². The average Bonchev–Trinajstić information content (AvgIpc) is 3.20. The van der Waals surface area contributed by atoms with Gasteiger partial charge >= 0.3 is 6.18 Å². The number of alkyl halides is 3. The van der Waals surface area contributed by atoms with Crippen molar-refractivity contribution in [3.05, 3.63) is 81.7 Å². The molecule has 0 bridgehead atoms. The van der Waals surface area contributed by atoms with Gasteiger partial charge in [-0.3, -0.25) is 4.79 Å². The lowest BCUT2D eigenvalue weighted by atomic mass is 9.92. The van der Waals surface area contributed by atoms with Crippen LogP contribution < -0.4 is 4.90 Å². The number of fused-ring (bicyclic) bond motifs is 1. The predicted octanol–water partition coefficient (Wildman–Crippen LogP) is 5.45. The number of phenols is 1. The van der Waals surface area contributed by atoms with E-state index in [2.05, 4.69) is 15.9 Å². The Morgan fingerprint density at radius 2 is 1.82 bits per heavy atom. The summed E-state index contributed by atoms with van der Waals surface area (Å²) in [6, 6.07) is 13.9. The summed E-state index contributed by atoms with van der Waals surface area (Å²) < 4.78 is 43.9. The number of hydrogen-bond acceptors (Lipinski definition) is 3. The molecule has 0 fully saturated rings. The van der Waals surface area contributed by atoms with Gasteiger partial charge in [-0.1, -0.05) is 40.2 Å². The van der Waals surface area contributed by atoms with E-state index in [9.17, 15) is 23.1 Å². The molecule has 4 nitrogen and oxygen atoms in total. The standard InChI is InChI=1S/C20H13BrF3NO3/c21-11-5-7-14(16(26)9-11)18-13-3-1-2-4-15(13)25(19(18)27)10-12-6-8-17(28-12)20(22,23)24/h1-9,18,26H,10H2. The maximum Gasteiger partial charge on any atom is 0.449 e. The Balaban J connectivity index is 1.72. The van der Waals surface area contributed by atoms with E-state index < -0.39 is 17.9 Å². The minimum Gasteiger partial charge on any atom is -0.508 e. The molecule has 0 aliphatic carbocycles. The van der Waals surface area contributed by atoms with E-state index in [0.29, 0.717) is 21.3 Å². The highest BCUT2D eigenvalue weighted by Crippen LogP contribution is 2.45. The second-order valence-electron chi connectivity index (χ2n) is 6.38. The minimum absolute atomic E-state index is 0.0242. The van der Waals surface area contributed by atoms with Gasteiger partial charge in [0, 0.05) is 15.7 Å². The predicted molar refractivity (Wildman–Crippen MR) is 99.0 cm³/mol.